The summed E-state index contributed by atoms with van der Waals surface area (Å²) in [4.78, 5) is 4.66. The summed E-state index contributed by atoms with van der Waals surface area (Å²) in [7, 11) is 0. The average molecular weight is 395 g/mol. The molecule has 1 aliphatic rings. The van der Waals surface area contributed by atoms with Gasteiger partial charge >= 0.3 is 0 Å². The van der Waals surface area contributed by atoms with Crippen LogP contribution in [0.5, 0.6) is 0 Å². The molecule has 86 valence electrons. The molecule has 1 saturated heterocycles. The van der Waals surface area contributed by atoms with Crippen LogP contribution in [0, 0.1) is 0 Å². The summed E-state index contributed by atoms with van der Waals surface area (Å²) >= 11 is 5.44. The molecule has 1 rings (SSSR count). The van der Waals surface area contributed by atoms with E-state index in [-0.39, 0.29) is 21.1 Å². The topological polar surface area (TPSA) is 6.48 Å². The quantitative estimate of drug-likeness (QED) is 0.676. The number of hydrogen-bond acceptors (Lipinski definition) is 1. The van der Waals surface area contributed by atoms with Crippen LogP contribution in [-0.4, -0.2) is 40.6 Å². The zero-order valence-electron chi connectivity index (χ0n) is 9.23. The van der Waals surface area contributed by atoms with Crippen LogP contribution in [0.15, 0.2) is 0 Å². The van der Waals surface area contributed by atoms with E-state index in [1.54, 1.807) is 0 Å². The van der Waals surface area contributed by atoms with Crippen molar-refractivity contribution in [3.63, 3.8) is 0 Å². The van der Waals surface area contributed by atoms with Crippen molar-refractivity contribution in [2.45, 2.75) is 39.7 Å². The molecule has 14 heavy (non-hydrogen) atoms. The van der Waals surface area contributed by atoms with Crippen LogP contribution in [0.3, 0.4) is 0 Å². The van der Waals surface area contributed by atoms with Crippen molar-refractivity contribution in [2.75, 3.05) is 19.6 Å². The number of rotatable bonds is 3. The predicted octanol–water partition coefficient (Wildman–Crippen LogP) is 2.09. The summed E-state index contributed by atoms with van der Waals surface area (Å²) in [6.07, 6.45) is 2.43. The fourth-order valence-corrected chi connectivity index (χ4v) is 2.25. The maximum atomic E-state index is 5.44. The van der Waals surface area contributed by atoms with E-state index in [1.165, 1.54) is 12.8 Å². The normalized spacial score (nSPS) is 17.3. The van der Waals surface area contributed by atoms with Crippen LogP contribution in [0.4, 0.5) is 0 Å². The Kier molecular flexibility index (Phi) is 6.97. The van der Waals surface area contributed by atoms with Crippen molar-refractivity contribution in [2.24, 2.45) is 0 Å². The minimum Gasteiger partial charge on any atom is -0.349 e. The minimum absolute atomic E-state index is 0. The molecule has 0 radical (unpaired) electrons. The van der Waals surface area contributed by atoms with Crippen LogP contribution >= 0.6 is 12.2 Å². The molecule has 0 aromatic rings. The number of nitrogens with zero attached hydrogens (tertiary/aromatic N) is 2. The maximum absolute atomic E-state index is 5.44. The molecule has 0 bridgehead atoms. The first-order valence-electron chi connectivity index (χ1n) is 5.22. The van der Waals surface area contributed by atoms with Crippen LogP contribution in [0.1, 0.15) is 33.6 Å². The second kappa shape index (κ2) is 6.79. The van der Waals surface area contributed by atoms with Gasteiger partial charge in [0.2, 0.25) is 0 Å². The van der Waals surface area contributed by atoms with Gasteiger partial charge in [0, 0.05) is 46.7 Å². The third-order valence-corrected chi connectivity index (χ3v) is 2.95. The molecular weight excluding hydrogens is 375 g/mol. The SMILES string of the molecule is CCCN1CCCN(C(C)C)C1=S.[Pt]. The van der Waals surface area contributed by atoms with Gasteiger partial charge in [-0.3, -0.25) is 0 Å². The molecule has 0 atom stereocenters. The van der Waals surface area contributed by atoms with E-state index < -0.39 is 0 Å². The Morgan fingerprint density at radius 1 is 1.36 bits per heavy atom. The monoisotopic (exact) mass is 395 g/mol. The van der Waals surface area contributed by atoms with Crippen molar-refractivity contribution in [1.82, 2.24) is 9.80 Å². The Labute approximate surface area is 107 Å². The summed E-state index contributed by atoms with van der Waals surface area (Å²) in [6, 6.07) is 0.548. The predicted molar refractivity (Wildman–Crippen MR) is 60.9 cm³/mol. The third-order valence-electron chi connectivity index (χ3n) is 2.46. The fourth-order valence-electron chi connectivity index (χ4n) is 1.76. The number of thiocarbonyl (C=S) groups is 1. The Bertz CT molecular complexity index is 183. The van der Waals surface area contributed by atoms with Gasteiger partial charge in [0.05, 0.1) is 0 Å². The molecule has 0 aromatic heterocycles. The van der Waals surface area contributed by atoms with Crippen molar-refractivity contribution >= 4 is 17.3 Å². The largest absolute Gasteiger partial charge is 0.349 e. The Balaban J connectivity index is 0.00000169. The zero-order chi connectivity index (χ0) is 9.84. The van der Waals surface area contributed by atoms with E-state index in [4.69, 9.17) is 12.2 Å². The first-order chi connectivity index (χ1) is 6.16. The Morgan fingerprint density at radius 2 is 2.00 bits per heavy atom. The summed E-state index contributed by atoms with van der Waals surface area (Å²) in [5, 5.41) is 1.06. The maximum Gasteiger partial charge on any atom is 0.171 e. The van der Waals surface area contributed by atoms with E-state index in [1.807, 2.05) is 0 Å². The van der Waals surface area contributed by atoms with E-state index in [0.29, 0.717) is 6.04 Å². The van der Waals surface area contributed by atoms with Crippen molar-refractivity contribution < 1.29 is 21.1 Å². The first kappa shape index (κ1) is 14.4. The van der Waals surface area contributed by atoms with E-state index in [0.717, 1.165) is 24.7 Å². The van der Waals surface area contributed by atoms with Gasteiger partial charge in [-0.2, -0.15) is 0 Å². The fraction of sp³-hybridized carbons (Fsp3) is 0.900. The summed E-state index contributed by atoms with van der Waals surface area (Å²) < 4.78 is 0. The van der Waals surface area contributed by atoms with Crippen LogP contribution in [0.2, 0.25) is 0 Å². The van der Waals surface area contributed by atoms with E-state index in [2.05, 4.69) is 30.6 Å². The Hall–Kier alpha value is 0.378. The third kappa shape index (κ3) is 3.51. The van der Waals surface area contributed by atoms with Gasteiger partial charge in [-0.25, -0.2) is 0 Å². The van der Waals surface area contributed by atoms with Gasteiger partial charge in [0.1, 0.15) is 0 Å². The second-order valence-corrected chi connectivity index (χ2v) is 4.28. The molecule has 2 nitrogen and oxygen atoms in total. The van der Waals surface area contributed by atoms with Gasteiger partial charge in [-0.15, -0.1) is 0 Å². The van der Waals surface area contributed by atoms with Gasteiger partial charge < -0.3 is 9.80 Å². The molecule has 4 heteroatoms. The van der Waals surface area contributed by atoms with Crippen LogP contribution in [0.25, 0.3) is 0 Å². The van der Waals surface area contributed by atoms with Gasteiger partial charge in [0.15, 0.2) is 5.11 Å². The van der Waals surface area contributed by atoms with Crippen molar-refractivity contribution in [3.05, 3.63) is 0 Å². The molecule has 0 aromatic carbocycles. The molecule has 1 aliphatic heterocycles. The van der Waals surface area contributed by atoms with Gasteiger partial charge in [0.25, 0.3) is 0 Å². The Morgan fingerprint density at radius 3 is 2.50 bits per heavy atom. The standard InChI is InChI=1S/C10H20N2S.Pt/c1-4-6-11-7-5-8-12(9(2)3)10(11)13;/h9H,4-8H2,1-3H3;. The molecule has 0 saturated carbocycles. The van der Waals surface area contributed by atoms with Gasteiger partial charge in [-0.05, 0) is 38.9 Å². The average Bonchev–Trinajstić information content (AvgIpc) is 2.08. The van der Waals surface area contributed by atoms with E-state index >= 15 is 0 Å². The molecule has 1 heterocycles. The molecule has 1 fully saturated rings. The zero-order valence-corrected chi connectivity index (χ0v) is 12.3. The number of hydrogen-bond donors (Lipinski definition) is 0. The smallest absolute Gasteiger partial charge is 0.171 e. The molecule has 0 aliphatic carbocycles. The molecule has 0 spiro atoms. The summed E-state index contributed by atoms with van der Waals surface area (Å²) in [6.45, 7) is 10.0. The van der Waals surface area contributed by atoms with E-state index in [9.17, 15) is 0 Å². The van der Waals surface area contributed by atoms with Crippen LogP contribution in [-0.2, 0) is 21.1 Å². The minimum atomic E-state index is 0. The summed E-state index contributed by atoms with van der Waals surface area (Å²) in [5.41, 5.74) is 0. The molecule has 0 amide bonds. The van der Waals surface area contributed by atoms with Crippen molar-refractivity contribution in [1.29, 1.82) is 0 Å². The molecule has 0 N–H and O–H groups in total. The van der Waals surface area contributed by atoms with Gasteiger partial charge in [-0.1, -0.05) is 6.92 Å². The summed E-state index contributed by atoms with van der Waals surface area (Å²) in [5.74, 6) is 0. The molecule has 0 unspecified atom stereocenters. The van der Waals surface area contributed by atoms with Crippen molar-refractivity contribution in [3.8, 4) is 0 Å². The molecular formula is C10H20N2PtS. The second-order valence-electron chi connectivity index (χ2n) is 3.91. The van der Waals surface area contributed by atoms with Crippen LogP contribution < -0.4 is 0 Å². The first-order valence-corrected chi connectivity index (χ1v) is 5.63.